The van der Waals surface area contributed by atoms with E-state index in [1.165, 1.54) is 25.7 Å². The van der Waals surface area contributed by atoms with Gasteiger partial charge in [-0.15, -0.1) is 24.8 Å². The molecule has 1 saturated heterocycles. The summed E-state index contributed by atoms with van der Waals surface area (Å²) in [5.41, 5.74) is 6.97. The maximum Gasteiger partial charge on any atom is 0.255 e. The van der Waals surface area contributed by atoms with E-state index in [0.29, 0.717) is 50.0 Å². The van der Waals surface area contributed by atoms with Crippen LogP contribution in [0.2, 0.25) is 0 Å². The molecule has 1 aromatic rings. The number of para-hydroxylation sites is 1. The summed E-state index contributed by atoms with van der Waals surface area (Å²) in [7, 11) is 1.69. The molecule has 210 valence electrons. The average molecular weight is 551 g/mol. The van der Waals surface area contributed by atoms with Gasteiger partial charge in [0.25, 0.3) is 5.91 Å². The Hall–Kier alpha value is -1.09. The van der Waals surface area contributed by atoms with E-state index in [2.05, 4.69) is 24.1 Å². The van der Waals surface area contributed by atoms with Gasteiger partial charge in [-0.25, -0.2) is 0 Å². The third kappa shape index (κ3) is 12.9. The van der Waals surface area contributed by atoms with Gasteiger partial charge in [-0.3, -0.25) is 4.79 Å². The second kappa shape index (κ2) is 19.9. The number of carbonyl (C=O) groups is 1. The van der Waals surface area contributed by atoms with Crippen molar-refractivity contribution >= 4 is 30.7 Å². The maximum absolute atomic E-state index is 12.9. The second-order valence-corrected chi connectivity index (χ2v) is 9.94. The van der Waals surface area contributed by atoms with Crippen molar-refractivity contribution < 1.29 is 19.4 Å². The number of carbonyl (C=O) groups excluding carboxylic acids is 1. The first kappa shape index (κ1) is 34.9. The molecule has 1 aliphatic heterocycles. The van der Waals surface area contributed by atoms with E-state index in [4.69, 9.17) is 15.2 Å². The number of hydrogen-bond donors (Lipinski definition) is 3. The first-order chi connectivity index (χ1) is 16.4. The van der Waals surface area contributed by atoms with E-state index in [0.717, 1.165) is 25.9 Å². The minimum absolute atomic E-state index is 0. The summed E-state index contributed by atoms with van der Waals surface area (Å²) in [5, 5.41) is 13.8. The molecule has 0 bridgehead atoms. The number of unbranched alkanes of at least 4 members (excludes halogenated alkanes) is 1. The van der Waals surface area contributed by atoms with Crippen LogP contribution in [0.5, 0.6) is 5.75 Å². The van der Waals surface area contributed by atoms with Crippen molar-refractivity contribution in [1.29, 1.82) is 0 Å². The zero-order valence-corrected chi connectivity index (χ0v) is 24.0. The Morgan fingerprint density at radius 1 is 1.08 bits per heavy atom. The number of methoxy groups -OCH3 is 1. The molecule has 1 fully saturated rings. The lowest BCUT2D eigenvalue weighted by atomic mass is 9.87. The maximum atomic E-state index is 12.9. The number of amides is 1. The van der Waals surface area contributed by atoms with Gasteiger partial charge >= 0.3 is 0 Å². The summed E-state index contributed by atoms with van der Waals surface area (Å²) in [6.45, 7) is 8.77. The standard InChI is InChI=1S/C27H47N3O4.2ClH/c1-21(2)22(18-24(28)25(31)20-30-14-8-4-5-9-15-30)19-29-27(32)23-12-6-7-13-26(23)34-17-11-10-16-33-3;;/h6-7,12-13,21-22,24-25,31H,4-5,8-11,14-20,28H2,1-3H3,(H,29,32);2*1H/t22-,24+,25+;;/m1../s1. The molecule has 1 aromatic carbocycles. The van der Waals surface area contributed by atoms with Crippen molar-refractivity contribution in [3.8, 4) is 5.75 Å². The van der Waals surface area contributed by atoms with Crippen LogP contribution >= 0.6 is 24.8 Å². The molecule has 1 aliphatic rings. The summed E-state index contributed by atoms with van der Waals surface area (Å²) < 4.78 is 10.9. The lowest BCUT2D eigenvalue weighted by Crippen LogP contribution is -2.46. The van der Waals surface area contributed by atoms with Crippen molar-refractivity contribution in [2.75, 3.05) is 46.5 Å². The third-order valence-corrected chi connectivity index (χ3v) is 6.81. The number of β-amino-alcohol motifs (C(OH)–C–C–N with tert-alkyl or cyclic N) is 1. The van der Waals surface area contributed by atoms with Crippen molar-refractivity contribution in [2.45, 2.75) is 70.9 Å². The predicted octanol–water partition coefficient (Wildman–Crippen LogP) is 4.29. The Labute approximate surface area is 230 Å². The van der Waals surface area contributed by atoms with Gasteiger partial charge in [0.2, 0.25) is 0 Å². The number of nitrogens with two attached hydrogens (primary N) is 1. The molecule has 3 atom stereocenters. The lowest BCUT2D eigenvalue weighted by molar-refractivity contribution is 0.0798. The molecule has 9 heteroatoms. The summed E-state index contributed by atoms with van der Waals surface area (Å²) in [6.07, 6.45) is 6.85. The van der Waals surface area contributed by atoms with E-state index < -0.39 is 6.10 Å². The van der Waals surface area contributed by atoms with Crippen LogP contribution in [0, 0.1) is 11.8 Å². The number of nitrogens with one attached hydrogen (secondary N) is 1. The van der Waals surface area contributed by atoms with Crippen LogP contribution < -0.4 is 15.8 Å². The first-order valence-electron chi connectivity index (χ1n) is 13.1. The molecule has 0 saturated carbocycles. The Bertz CT molecular complexity index is 703. The number of aliphatic hydroxyl groups is 1. The number of ether oxygens (including phenoxy) is 2. The highest BCUT2D eigenvalue weighted by Crippen LogP contribution is 2.21. The highest BCUT2D eigenvalue weighted by Gasteiger charge is 2.25. The molecular formula is C27H49Cl2N3O4. The van der Waals surface area contributed by atoms with Crippen LogP contribution in [0.3, 0.4) is 0 Å². The summed E-state index contributed by atoms with van der Waals surface area (Å²) in [5.74, 6) is 0.976. The Kier molecular flexibility index (Phi) is 19.3. The van der Waals surface area contributed by atoms with Crippen LogP contribution in [0.15, 0.2) is 24.3 Å². The lowest BCUT2D eigenvalue weighted by Gasteiger charge is -2.30. The number of halogens is 2. The molecule has 0 aliphatic carbocycles. The Morgan fingerprint density at radius 2 is 1.72 bits per heavy atom. The molecular weight excluding hydrogens is 501 g/mol. The quantitative estimate of drug-likeness (QED) is 0.282. The molecule has 1 amide bonds. The van der Waals surface area contributed by atoms with Gasteiger partial charge in [0.1, 0.15) is 5.75 Å². The summed E-state index contributed by atoms with van der Waals surface area (Å²) in [6, 6.07) is 7.04. The van der Waals surface area contributed by atoms with Gasteiger partial charge < -0.3 is 30.5 Å². The predicted molar refractivity (Wildman–Crippen MR) is 152 cm³/mol. The van der Waals surface area contributed by atoms with Crippen molar-refractivity contribution in [3.05, 3.63) is 29.8 Å². The highest BCUT2D eigenvalue weighted by molar-refractivity contribution is 5.96. The van der Waals surface area contributed by atoms with Gasteiger partial charge in [0, 0.05) is 32.8 Å². The van der Waals surface area contributed by atoms with Crippen LogP contribution in [0.1, 0.15) is 69.2 Å². The number of benzene rings is 1. The molecule has 2 rings (SSSR count). The topological polar surface area (TPSA) is 97.0 Å². The molecule has 4 N–H and O–H groups in total. The number of rotatable bonds is 15. The number of hydrogen-bond acceptors (Lipinski definition) is 6. The number of aliphatic hydroxyl groups excluding tert-OH is 1. The van der Waals surface area contributed by atoms with Gasteiger partial charge in [-0.2, -0.15) is 0 Å². The molecule has 7 nitrogen and oxygen atoms in total. The van der Waals surface area contributed by atoms with Crippen molar-refractivity contribution in [1.82, 2.24) is 10.2 Å². The summed E-state index contributed by atoms with van der Waals surface area (Å²) >= 11 is 0. The van der Waals surface area contributed by atoms with Crippen LogP contribution in [-0.4, -0.2) is 74.6 Å². The highest BCUT2D eigenvalue weighted by atomic mass is 35.5. The fourth-order valence-electron chi connectivity index (χ4n) is 4.45. The van der Waals surface area contributed by atoms with Gasteiger partial charge in [-0.05, 0) is 69.2 Å². The normalized spacial score (nSPS) is 16.7. The van der Waals surface area contributed by atoms with E-state index in [1.54, 1.807) is 13.2 Å². The fourth-order valence-corrected chi connectivity index (χ4v) is 4.45. The monoisotopic (exact) mass is 549 g/mol. The zero-order chi connectivity index (χ0) is 24.8. The minimum atomic E-state index is -0.553. The van der Waals surface area contributed by atoms with Crippen molar-refractivity contribution in [2.24, 2.45) is 17.6 Å². The molecule has 1 heterocycles. The molecule has 0 radical (unpaired) electrons. The molecule has 0 unspecified atom stereocenters. The van der Waals surface area contributed by atoms with E-state index in [-0.39, 0.29) is 42.7 Å². The van der Waals surface area contributed by atoms with Crippen LogP contribution in [-0.2, 0) is 4.74 Å². The zero-order valence-electron chi connectivity index (χ0n) is 22.3. The molecule has 0 aromatic heterocycles. The second-order valence-electron chi connectivity index (χ2n) is 9.94. The van der Waals surface area contributed by atoms with Crippen molar-refractivity contribution in [3.63, 3.8) is 0 Å². The van der Waals surface area contributed by atoms with Crippen LogP contribution in [0.4, 0.5) is 0 Å². The smallest absolute Gasteiger partial charge is 0.255 e. The van der Waals surface area contributed by atoms with Gasteiger partial charge in [0.05, 0.1) is 18.3 Å². The Morgan fingerprint density at radius 3 is 2.36 bits per heavy atom. The van der Waals surface area contributed by atoms with Gasteiger partial charge in [-0.1, -0.05) is 38.8 Å². The number of nitrogens with zero attached hydrogens (tertiary/aromatic N) is 1. The average Bonchev–Trinajstić information content (AvgIpc) is 3.10. The third-order valence-electron chi connectivity index (χ3n) is 6.81. The van der Waals surface area contributed by atoms with Crippen LogP contribution in [0.25, 0.3) is 0 Å². The SMILES string of the molecule is COCCCCOc1ccccc1C(=O)NC[C@@H](C[C@H](N)[C@@H](O)CN1CCCCCC1)C(C)C.Cl.Cl. The van der Waals surface area contributed by atoms with E-state index >= 15 is 0 Å². The Balaban J connectivity index is 0.00000612. The van der Waals surface area contributed by atoms with Gasteiger partial charge in [0.15, 0.2) is 0 Å². The van der Waals surface area contributed by atoms with E-state index in [9.17, 15) is 9.90 Å². The molecule has 0 spiro atoms. The fraction of sp³-hybridized carbons (Fsp3) is 0.741. The largest absolute Gasteiger partial charge is 0.493 e. The van der Waals surface area contributed by atoms with E-state index in [1.807, 2.05) is 18.2 Å². The molecule has 36 heavy (non-hydrogen) atoms. The summed E-state index contributed by atoms with van der Waals surface area (Å²) in [4.78, 5) is 15.3. The first-order valence-corrected chi connectivity index (χ1v) is 13.1. The number of likely N-dealkylation sites (tertiary alicyclic amines) is 1. The minimum Gasteiger partial charge on any atom is -0.493 e.